The molecule has 0 rings (SSSR count). The van der Waals surface area contributed by atoms with Gasteiger partial charge in [-0.15, -0.1) is 0 Å². The van der Waals surface area contributed by atoms with E-state index in [-0.39, 0.29) is 6.61 Å². The van der Waals surface area contributed by atoms with E-state index >= 15 is 0 Å². The van der Waals surface area contributed by atoms with Crippen molar-refractivity contribution >= 4 is 0 Å². The minimum Gasteiger partial charge on any atom is -0.394 e. The lowest BCUT2D eigenvalue weighted by atomic mass is 10.5. The maximum absolute atomic E-state index is 8.46. The summed E-state index contributed by atoms with van der Waals surface area (Å²) in [5, 5.41) is 16.6. The van der Waals surface area contributed by atoms with Gasteiger partial charge in [-0.05, 0) is 19.8 Å². The Balaban J connectivity index is 0. The van der Waals surface area contributed by atoms with Crippen LogP contribution >= 0.6 is 0 Å². The van der Waals surface area contributed by atoms with Crippen molar-refractivity contribution in [1.29, 1.82) is 0 Å². The van der Waals surface area contributed by atoms with E-state index in [1.54, 1.807) is 6.92 Å². The van der Waals surface area contributed by atoms with Crippen LogP contribution in [0.2, 0.25) is 0 Å². The molecule has 0 aromatic rings. The van der Waals surface area contributed by atoms with Crippen molar-refractivity contribution in [3.63, 3.8) is 0 Å². The Morgan fingerprint density at radius 2 is 1.64 bits per heavy atom. The van der Waals surface area contributed by atoms with E-state index in [1.807, 2.05) is 13.8 Å². The number of ether oxygens (including phenoxy) is 2. The number of aliphatic hydroxyl groups excluding tert-OH is 2. The lowest BCUT2D eigenvalue weighted by Crippen LogP contribution is -2.05. The highest BCUT2D eigenvalue weighted by Crippen LogP contribution is 1.84. The minimum absolute atomic E-state index is 0.139. The van der Waals surface area contributed by atoms with Gasteiger partial charge < -0.3 is 19.7 Å². The molecule has 0 radical (unpaired) electrons. The Kier molecular flexibility index (Phi) is 17.8. The number of hydrogen-bond acceptors (Lipinski definition) is 4. The van der Waals surface area contributed by atoms with Crippen molar-refractivity contribution < 1.29 is 19.7 Å². The average Bonchev–Trinajstić information content (AvgIpc) is 2.16. The number of rotatable bonds is 7. The molecule has 0 bridgehead atoms. The van der Waals surface area contributed by atoms with Gasteiger partial charge in [-0.25, -0.2) is 0 Å². The summed E-state index contributed by atoms with van der Waals surface area (Å²) in [5.74, 6) is 0. The van der Waals surface area contributed by atoms with Gasteiger partial charge in [-0.3, -0.25) is 0 Å². The molecule has 0 fully saturated rings. The van der Waals surface area contributed by atoms with Crippen LogP contribution in [-0.4, -0.2) is 42.9 Å². The van der Waals surface area contributed by atoms with Crippen molar-refractivity contribution in [1.82, 2.24) is 0 Å². The van der Waals surface area contributed by atoms with E-state index in [4.69, 9.17) is 19.7 Å². The van der Waals surface area contributed by atoms with Gasteiger partial charge in [0, 0.05) is 13.2 Å². The molecule has 0 aliphatic heterocycles. The number of hydrogen-bond donors (Lipinski definition) is 2. The zero-order valence-corrected chi connectivity index (χ0v) is 9.53. The van der Waals surface area contributed by atoms with Crippen molar-refractivity contribution in [2.24, 2.45) is 0 Å². The molecule has 2 N–H and O–H groups in total. The van der Waals surface area contributed by atoms with Crippen molar-refractivity contribution in [3.05, 3.63) is 0 Å². The van der Waals surface area contributed by atoms with Crippen LogP contribution in [0.25, 0.3) is 0 Å². The predicted octanol–water partition coefficient (Wildman–Crippen LogP) is 1.16. The summed E-state index contributed by atoms with van der Waals surface area (Å²) < 4.78 is 9.63. The molecule has 4 heteroatoms. The Hall–Kier alpha value is -0.160. The average molecular weight is 208 g/mol. The normalized spacial score (nSPS) is 11.8. The minimum atomic E-state index is -0.597. The molecule has 0 aromatic carbocycles. The summed E-state index contributed by atoms with van der Waals surface area (Å²) in [7, 11) is 0. The molecule has 4 nitrogen and oxygen atoms in total. The summed E-state index contributed by atoms with van der Waals surface area (Å²) in [6.07, 6.45) is 1.39. The van der Waals surface area contributed by atoms with Crippen LogP contribution < -0.4 is 0 Å². The zero-order chi connectivity index (χ0) is 11.2. The molecule has 0 spiro atoms. The van der Waals surface area contributed by atoms with Gasteiger partial charge in [0.05, 0.1) is 13.2 Å². The SMILES string of the molecule is CCCOC(C)O.CCCOCCO. The highest BCUT2D eigenvalue weighted by atomic mass is 16.6. The molecule has 0 heterocycles. The van der Waals surface area contributed by atoms with E-state index in [2.05, 4.69) is 0 Å². The summed E-state index contributed by atoms with van der Waals surface area (Å²) in [6.45, 7) is 7.68. The van der Waals surface area contributed by atoms with E-state index in [0.717, 1.165) is 19.4 Å². The lowest BCUT2D eigenvalue weighted by molar-refractivity contribution is -0.0846. The van der Waals surface area contributed by atoms with Crippen molar-refractivity contribution in [2.75, 3.05) is 26.4 Å². The van der Waals surface area contributed by atoms with Crippen LogP contribution in [0.1, 0.15) is 33.6 Å². The molecule has 1 unspecified atom stereocenters. The second-order valence-corrected chi connectivity index (χ2v) is 2.81. The third-order valence-electron chi connectivity index (χ3n) is 1.15. The molecular weight excluding hydrogens is 184 g/mol. The Labute approximate surface area is 86.8 Å². The second kappa shape index (κ2) is 15.3. The molecular formula is C10H24O4. The molecule has 1 atom stereocenters. The van der Waals surface area contributed by atoms with E-state index in [1.165, 1.54) is 0 Å². The maximum Gasteiger partial charge on any atom is 0.151 e. The lowest BCUT2D eigenvalue weighted by Gasteiger charge is -2.02. The maximum atomic E-state index is 8.46. The Bertz CT molecular complexity index is 82.2. The summed E-state index contributed by atoms with van der Waals surface area (Å²) in [6, 6.07) is 0. The third-order valence-corrected chi connectivity index (χ3v) is 1.15. The Morgan fingerprint density at radius 3 is 1.93 bits per heavy atom. The monoisotopic (exact) mass is 208 g/mol. The van der Waals surface area contributed by atoms with Crippen LogP contribution in [0.5, 0.6) is 0 Å². The fourth-order valence-electron chi connectivity index (χ4n) is 0.599. The van der Waals surface area contributed by atoms with Gasteiger partial charge in [-0.1, -0.05) is 13.8 Å². The topological polar surface area (TPSA) is 58.9 Å². The van der Waals surface area contributed by atoms with Crippen molar-refractivity contribution in [3.8, 4) is 0 Å². The first-order chi connectivity index (χ1) is 6.68. The third kappa shape index (κ3) is 22.6. The van der Waals surface area contributed by atoms with E-state index < -0.39 is 6.29 Å². The van der Waals surface area contributed by atoms with Crippen LogP contribution in [0.4, 0.5) is 0 Å². The van der Waals surface area contributed by atoms with Gasteiger partial charge in [0.1, 0.15) is 0 Å². The molecule has 0 aromatic heterocycles. The fraction of sp³-hybridized carbons (Fsp3) is 1.00. The van der Waals surface area contributed by atoms with E-state index in [0.29, 0.717) is 13.2 Å². The van der Waals surface area contributed by atoms with Gasteiger partial charge in [0.2, 0.25) is 0 Å². The fourth-order valence-corrected chi connectivity index (χ4v) is 0.599. The van der Waals surface area contributed by atoms with Gasteiger partial charge >= 0.3 is 0 Å². The number of aliphatic hydroxyl groups is 2. The zero-order valence-electron chi connectivity index (χ0n) is 9.53. The standard InChI is InChI=1S/2C5H12O2/c1-3-4-7-5(2)6;1-2-4-7-5-3-6/h5-6H,3-4H2,1-2H3;6H,2-5H2,1H3. The Morgan fingerprint density at radius 1 is 1.07 bits per heavy atom. The highest BCUT2D eigenvalue weighted by Gasteiger charge is 1.88. The van der Waals surface area contributed by atoms with Gasteiger partial charge in [0.25, 0.3) is 0 Å². The second-order valence-electron chi connectivity index (χ2n) is 2.81. The molecule has 88 valence electrons. The molecule has 0 aliphatic rings. The predicted molar refractivity (Wildman–Crippen MR) is 56.1 cm³/mol. The van der Waals surface area contributed by atoms with Crippen LogP contribution in [0.15, 0.2) is 0 Å². The quantitative estimate of drug-likeness (QED) is 0.487. The first kappa shape index (κ1) is 16.3. The molecule has 0 aliphatic carbocycles. The summed E-state index contributed by atoms with van der Waals surface area (Å²) in [4.78, 5) is 0. The smallest absolute Gasteiger partial charge is 0.151 e. The highest BCUT2D eigenvalue weighted by molar-refractivity contribution is 4.25. The van der Waals surface area contributed by atoms with Crippen LogP contribution in [0.3, 0.4) is 0 Å². The molecule has 0 saturated carbocycles. The molecule has 0 saturated heterocycles. The first-order valence-corrected chi connectivity index (χ1v) is 5.17. The molecule has 14 heavy (non-hydrogen) atoms. The van der Waals surface area contributed by atoms with Crippen molar-refractivity contribution in [2.45, 2.75) is 39.9 Å². The van der Waals surface area contributed by atoms with Crippen LogP contribution in [-0.2, 0) is 9.47 Å². The first-order valence-electron chi connectivity index (χ1n) is 5.17. The van der Waals surface area contributed by atoms with Gasteiger partial charge in [0.15, 0.2) is 6.29 Å². The summed E-state index contributed by atoms with van der Waals surface area (Å²) >= 11 is 0. The summed E-state index contributed by atoms with van der Waals surface area (Å²) in [5.41, 5.74) is 0. The molecule has 0 amide bonds. The van der Waals surface area contributed by atoms with Gasteiger partial charge in [-0.2, -0.15) is 0 Å². The largest absolute Gasteiger partial charge is 0.394 e. The van der Waals surface area contributed by atoms with Crippen LogP contribution in [0, 0.1) is 0 Å². The van der Waals surface area contributed by atoms with E-state index in [9.17, 15) is 0 Å².